The molecule has 6 rings (SSSR count). The second-order valence-electron chi connectivity index (χ2n) is 12.3. The minimum absolute atomic E-state index is 0.0897. The Kier molecular flexibility index (Phi) is 9.74. The molecule has 0 unspecified atom stereocenters. The van der Waals surface area contributed by atoms with E-state index in [1.165, 1.54) is 0 Å². The molecule has 11 heteroatoms. The number of aliphatic carboxylic acids is 1. The van der Waals surface area contributed by atoms with E-state index in [2.05, 4.69) is 20.2 Å². The van der Waals surface area contributed by atoms with Gasteiger partial charge in [-0.3, -0.25) is 34.2 Å². The number of hydrogen-bond acceptors (Lipinski definition) is 8. The van der Waals surface area contributed by atoms with Crippen LogP contribution < -0.4 is 5.32 Å². The van der Waals surface area contributed by atoms with Gasteiger partial charge in [0.05, 0.1) is 17.0 Å². The summed E-state index contributed by atoms with van der Waals surface area (Å²) in [4.78, 5) is 50.3. The van der Waals surface area contributed by atoms with Crippen LogP contribution in [0.1, 0.15) is 49.7 Å². The second kappa shape index (κ2) is 14.1. The van der Waals surface area contributed by atoms with Crippen molar-refractivity contribution in [3.05, 3.63) is 112 Å². The van der Waals surface area contributed by atoms with E-state index in [0.717, 1.165) is 40.8 Å². The predicted molar refractivity (Wildman–Crippen MR) is 178 cm³/mol. The number of nitrogens with zero attached hydrogens (tertiary/aromatic N) is 4. The van der Waals surface area contributed by atoms with Crippen molar-refractivity contribution in [2.75, 3.05) is 31.5 Å². The number of carbonyl (C=O) groups is 3. The molecule has 2 aromatic heterocycles. The average molecular weight is 654 g/mol. The van der Waals surface area contributed by atoms with Gasteiger partial charge < -0.3 is 15.5 Å². The minimum Gasteiger partial charge on any atom is -0.481 e. The van der Waals surface area contributed by atoms with Crippen molar-refractivity contribution < 1.29 is 24.6 Å². The van der Waals surface area contributed by atoms with Crippen molar-refractivity contribution in [3.63, 3.8) is 0 Å². The molecule has 4 heterocycles. The number of aliphatic hydroxyl groups is 1. The van der Waals surface area contributed by atoms with Crippen molar-refractivity contribution in [3.8, 4) is 11.1 Å². The standard InChI is InChI=1S/C36H36ClN5O5/c1-22-28(5-3-7-30(22)40-35(45)32-11-9-24(16-39-32)18-42-19-26(20-42)36(46)47)29-6-2-4-25(34(29)37)14-33(44)31-10-8-23(15-38-31)17-41-13-12-27(43)21-41/h2-11,15-16,26-27,43H,12-14,17-21H2,1H3,(H,40,45)(H,46,47)/t27-/m1/s1. The number of carboxylic acids is 1. The molecule has 2 aliphatic heterocycles. The number of hydrogen-bond donors (Lipinski definition) is 3. The van der Waals surface area contributed by atoms with E-state index in [9.17, 15) is 19.5 Å². The lowest BCUT2D eigenvalue weighted by atomic mass is 9.95. The van der Waals surface area contributed by atoms with Gasteiger partial charge in [0.15, 0.2) is 5.78 Å². The molecule has 242 valence electrons. The Bertz CT molecular complexity index is 1790. The lowest BCUT2D eigenvalue weighted by Gasteiger charge is -2.36. The number of likely N-dealkylation sites (tertiary alicyclic amines) is 2. The molecule has 1 atom stereocenters. The molecular weight excluding hydrogens is 618 g/mol. The average Bonchev–Trinajstić information content (AvgIpc) is 3.45. The zero-order chi connectivity index (χ0) is 33.1. The molecule has 2 aliphatic rings. The van der Waals surface area contributed by atoms with Gasteiger partial charge in [-0.2, -0.15) is 0 Å². The Morgan fingerprint density at radius 2 is 1.53 bits per heavy atom. The molecule has 0 saturated carbocycles. The Morgan fingerprint density at radius 1 is 0.872 bits per heavy atom. The largest absolute Gasteiger partial charge is 0.481 e. The van der Waals surface area contributed by atoms with Crippen molar-refractivity contribution in [1.82, 2.24) is 19.8 Å². The fourth-order valence-corrected chi connectivity index (χ4v) is 6.39. The maximum absolute atomic E-state index is 13.2. The highest BCUT2D eigenvalue weighted by molar-refractivity contribution is 6.34. The van der Waals surface area contributed by atoms with E-state index in [-0.39, 0.29) is 35.8 Å². The Hall–Kier alpha value is -4.48. The van der Waals surface area contributed by atoms with Gasteiger partial charge in [-0.25, -0.2) is 0 Å². The van der Waals surface area contributed by atoms with Crippen LogP contribution in [0.2, 0.25) is 5.02 Å². The quantitative estimate of drug-likeness (QED) is 0.194. The maximum Gasteiger partial charge on any atom is 0.309 e. The molecular formula is C36H36ClN5O5. The first-order chi connectivity index (χ1) is 22.6. The highest BCUT2D eigenvalue weighted by atomic mass is 35.5. The molecule has 2 fully saturated rings. The van der Waals surface area contributed by atoms with Crippen LogP contribution in [0.15, 0.2) is 73.1 Å². The summed E-state index contributed by atoms with van der Waals surface area (Å²) in [5.41, 5.74) is 6.22. The number of ketones is 1. The lowest BCUT2D eigenvalue weighted by Crippen LogP contribution is -2.49. The fraction of sp³-hybridized carbons (Fsp3) is 0.306. The summed E-state index contributed by atoms with van der Waals surface area (Å²) in [5.74, 6) is -1.59. The summed E-state index contributed by atoms with van der Waals surface area (Å²) in [6.07, 6.45) is 3.94. The van der Waals surface area contributed by atoms with E-state index < -0.39 is 5.97 Å². The zero-order valence-corrected chi connectivity index (χ0v) is 26.8. The van der Waals surface area contributed by atoms with Gasteiger partial charge in [0.1, 0.15) is 11.4 Å². The number of amides is 1. The summed E-state index contributed by atoms with van der Waals surface area (Å²) >= 11 is 6.89. The number of halogens is 1. The van der Waals surface area contributed by atoms with Gasteiger partial charge >= 0.3 is 5.97 Å². The molecule has 3 N–H and O–H groups in total. The summed E-state index contributed by atoms with van der Waals surface area (Å²) in [7, 11) is 0. The molecule has 0 bridgehead atoms. The number of carboxylic acid groups (broad SMARTS) is 1. The highest BCUT2D eigenvalue weighted by Crippen LogP contribution is 2.36. The number of Topliss-reactive ketones (excluding diaryl/α,β-unsaturated/α-hetero) is 1. The number of aromatic nitrogens is 2. The third kappa shape index (κ3) is 7.58. The molecule has 47 heavy (non-hydrogen) atoms. The number of pyridine rings is 2. The van der Waals surface area contributed by atoms with E-state index in [0.29, 0.717) is 54.7 Å². The van der Waals surface area contributed by atoms with E-state index >= 15 is 0 Å². The maximum atomic E-state index is 13.2. The Morgan fingerprint density at radius 3 is 2.17 bits per heavy atom. The van der Waals surface area contributed by atoms with Crippen LogP contribution in [-0.2, 0) is 24.3 Å². The topological polar surface area (TPSA) is 136 Å². The molecule has 4 aromatic rings. The van der Waals surface area contributed by atoms with Crippen molar-refractivity contribution in [2.24, 2.45) is 5.92 Å². The van der Waals surface area contributed by atoms with Crippen LogP contribution in [0.5, 0.6) is 0 Å². The van der Waals surface area contributed by atoms with E-state index in [4.69, 9.17) is 16.7 Å². The zero-order valence-electron chi connectivity index (χ0n) is 26.0. The molecule has 0 spiro atoms. The third-order valence-corrected chi connectivity index (χ3v) is 9.28. The van der Waals surface area contributed by atoms with Crippen LogP contribution in [0.4, 0.5) is 5.69 Å². The van der Waals surface area contributed by atoms with Crippen molar-refractivity contribution in [2.45, 2.75) is 39.0 Å². The fourth-order valence-electron chi connectivity index (χ4n) is 6.10. The van der Waals surface area contributed by atoms with Gasteiger partial charge in [-0.15, -0.1) is 0 Å². The smallest absolute Gasteiger partial charge is 0.309 e. The monoisotopic (exact) mass is 653 g/mol. The summed E-state index contributed by atoms with van der Waals surface area (Å²) < 4.78 is 0. The Balaban J connectivity index is 1.10. The normalized spacial score (nSPS) is 17.0. The SMILES string of the molecule is Cc1c(NC(=O)c2ccc(CN3CC(C(=O)O)C3)cn2)cccc1-c1cccc(CC(=O)c2ccc(CN3CC[C@@H](O)C3)cn2)c1Cl. The minimum atomic E-state index is -0.776. The highest BCUT2D eigenvalue weighted by Gasteiger charge is 2.32. The summed E-state index contributed by atoms with van der Waals surface area (Å²) in [6.45, 7) is 5.68. The number of carbonyl (C=O) groups excluding carboxylic acids is 2. The van der Waals surface area contributed by atoms with Crippen LogP contribution in [0.3, 0.4) is 0 Å². The number of anilines is 1. The van der Waals surface area contributed by atoms with E-state index in [1.54, 1.807) is 24.5 Å². The first-order valence-corrected chi connectivity index (χ1v) is 16.0. The second-order valence-corrected chi connectivity index (χ2v) is 12.7. The molecule has 1 amide bonds. The van der Waals surface area contributed by atoms with Gasteiger partial charge in [-0.05, 0) is 59.4 Å². The van der Waals surface area contributed by atoms with Crippen molar-refractivity contribution >= 4 is 34.9 Å². The van der Waals surface area contributed by atoms with Crippen molar-refractivity contribution in [1.29, 1.82) is 0 Å². The lowest BCUT2D eigenvalue weighted by molar-refractivity contribution is -0.147. The van der Waals surface area contributed by atoms with Crippen LogP contribution in [0.25, 0.3) is 11.1 Å². The third-order valence-electron chi connectivity index (χ3n) is 8.84. The van der Waals surface area contributed by atoms with Crippen LogP contribution in [-0.4, -0.2) is 79.9 Å². The van der Waals surface area contributed by atoms with Crippen LogP contribution >= 0.6 is 11.6 Å². The molecule has 0 aliphatic carbocycles. The summed E-state index contributed by atoms with van der Waals surface area (Å²) in [5, 5.41) is 22.2. The molecule has 0 radical (unpaired) electrons. The van der Waals surface area contributed by atoms with E-state index in [1.807, 2.05) is 60.4 Å². The van der Waals surface area contributed by atoms with Gasteiger partial charge in [0.2, 0.25) is 0 Å². The van der Waals surface area contributed by atoms with Crippen LogP contribution in [0, 0.1) is 12.8 Å². The number of nitrogens with one attached hydrogen (secondary N) is 1. The summed E-state index contributed by atoms with van der Waals surface area (Å²) in [6, 6.07) is 18.3. The number of benzene rings is 2. The predicted octanol–water partition coefficient (Wildman–Crippen LogP) is 4.87. The van der Waals surface area contributed by atoms with Gasteiger partial charge in [0, 0.05) is 69.3 Å². The molecule has 10 nitrogen and oxygen atoms in total. The van der Waals surface area contributed by atoms with Gasteiger partial charge in [-0.1, -0.05) is 54.1 Å². The molecule has 2 aromatic carbocycles. The number of β-amino-alcohol motifs (C(OH)–C–C–N with tert-alkyl or cyclic N) is 1. The Labute approximate surface area is 278 Å². The first kappa shape index (κ1) is 32.5. The number of rotatable bonds is 11. The van der Waals surface area contributed by atoms with Gasteiger partial charge in [0.25, 0.3) is 5.91 Å². The number of aliphatic hydroxyl groups excluding tert-OH is 1. The first-order valence-electron chi connectivity index (χ1n) is 15.6. The molecule has 2 saturated heterocycles.